The summed E-state index contributed by atoms with van der Waals surface area (Å²) in [5.41, 5.74) is -0.419. The van der Waals surface area contributed by atoms with Gasteiger partial charge in [0.2, 0.25) is 0 Å². The largest absolute Gasteiger partial charge is 0.459 e. The van der Waals surface area contributed by atoms with Gasteiger partial charge in [0.15, 0.2) is 0 Å². The average Bonchev–Trinajstić information content (AvgIpc) is 2.25. The van der Waals surface area contributed by atoms with Crippen molar-refractivity contribution in [3.63, 3.8) is 0 Å². The number of rotatable bonds is 9. The van der Waals surface area contributed by atoms with Gasteiger partial charge in [-0.1, -0.05) is 0 Å². The standard InChI is InChI=1S/C13H29N3O2/c1-13(2,3)18-12(17)11(15-5)7-6-8-16-10-9-14-4/h11,14-16H,6-10H2,1-5H3/t11-/m0/s1. The quantitative estimate of drug-likeness (QED) is 0.416. The topological polar surface area (TPSA) is 62.4 Å². The van der Waals surface area contributed by atoms with E-state index in [9.17, 15) is 4.79 Å². The minimum Gasteiger partial charge on any atom is -0.459 e. The second kappa shape index (κ2) is 9.30. The monoisotopic (exact) mass is 259 g/mol. The van der Waals surface area contributed by atoms with Crippen LogP contribution in [0.25, 0.3) is 0 Å². The van der Waals surface area contributed by atoms with Gasteiger partial charge in [-0.25, -0.2) is 0 Å². The summed E-state index contributed by atoms with van der Waals surface area (Å²) in [5, 5.41) is 9.40. The number of carbonyl (C=O) groups is 1. The molecular formula is C13H29N3O2. The molecule has 0 bridgehead atoms. The maximum Gasteiger partial charge on any atom is 0.323 e. The maximum absolute atomic E-state index is 11.8. The molecule has 0 aliphatic heterocycles. The molecule has 5 nitrogen and oxygen atoms in total. The van der Waals surface area contributed by atoms with E-state index in [1.165, 1.54) is 0 Å². The molecule has 0 aliphatic rings. The van der Waals surface area contributed by atoms with Crippen molar-refractivity contribution in [1.29, 1.82) is 0 Å². The Labute approximate surface area is 111 Å². The van der Waals surface area contributed by atoms with Crippen LogP contribution in [0.5, 0.6) is 0 Å². The van der Waals surface area contributed by atoms with E-state index in [0.717, 1.165) is 32.5 Å². The van der Waals surface area contributed by atoms with Crippen molar-refractivity contribution in [2.24, 2.45) is 0 Å². The first-order chi connectivity index (χ1) is 8.40. The average molecular weight is 259 g/mol. The van der Waals surface area contributed by atoms with Crippen molar-refractivity contribution >= 4 is 5.97 Å². The van der Waals surface area contributed by atoms with E-state index in [-0.39, 0.29) is 12.0 Å². The van der Waals surface area contributed by atoms with Gasteiger partial charge in [-0.3, -0.25) is 4.79 Å². The Morgan fingerprint density at radius 1 is 1.17 bits per heavy atom. The van der Waals surface area contributed by atoms with E-state index >= 15 is 0 Å². The first kappa shape index (κ1) is 17.4. The Bertz CT molecular complexity index is 227. The molecule has 0 saturated heterocycles. The van der Waals surface area contributed by atoms with Crippen LogP contribution in [0.1, 0.15) is 33.6 Å². The van der Waals surface area contributed by atoms with Crippen molar-refractivity contribution in [2.45, 2.75) is 45.3 Å². The SMILES string of the molecule is CNCCNCCC[C@H](NC)C(=O)OC(C)(C)C. The molecule has 0 saturated carbocycles. The van der Waals surface area contributed by atoms with Crippen LogP contribution < -0.4 is 16.0 Å². The van der Waals surface area contributed by atoms with Crippen LogP contribution >= 0.6 is 0 Å². The summed E-state index contributed by atoms with van der Waals surface area (Å²) in [7, 11) is 3.73. The van der Waals surface area contributed by atoms with E-state index in [2.05, 4.69) is 16.0 Å². The minimum atomic E-state index is -0.419. The van der Waals surface area contributed by atoms with Gasteiger partial charge in [0.1, 0.15) is 11.6 Å². The smallest absolute Gasteiger partial charge is 0.323 e. The third-order valence-corrected chi connectivity index (χ3v) is 2.44. The summed E-state index contributed by atoms with van der Waals surface area (Å²) >= 11 is 0. The van der Waals surface area contributed by atoms with Gasteiger partial charge in [0.05, 0.1) is 0 Å². The highest BCUT2D eigenvalue weighted by atomic mass is 16.6. The lowest BCUT2D eigenvalue weighted by atomic mass is 10.1. The molecule has 18 heavy (non-hydrogen) atoms. The molecule has 0 spiro atoms. The zero-order valence-corrected chi connectivity index (χ0v) is 12.4. The Morgan fingerprint density at radius 2 is 1.83 bits per heavy atom. The van der Waals surface area contributed by atoms with Crippen LogP contribution in [0, 0.1) is 0 Å². The predicted molar refractivity (Wildman–Crippen MR) is 74.7 cm³/mol. The zero-order valence-electron chi connectivity index (χ0n) is 12.4. The van der Waals surface area contributed by atoms with E-state index in [1.807, 2.05) is 27.8 Å². The van der Waals surface area contributed by atoms with Gasteiger partial charge in [-0.2, -0.15) is 0 Å². The molecular weight excluding hydrogens is 230 g/mol. The van der Waals surface area contributed by atoms with Crippen LogP contribution in [-0.4, -0.2) is 51.3 Å². The third kappa shape index (κ3) is 9.39. The molecule has 1 atom stereocenters. The Morgan fingerprint density at radius 3 is 2.33 bits per heavy atom. The first-order valence-corrected chi connectivity index (χ1v) is 6.66. The fraction of sp³-hybridized carbons (Fsp3) is 0.923. The highest BCUT2D eigenvalue weighted by molar-refractivity contribution is 5.76. The lowest BCUT2D eigenvalue weighted by Gasteiger charge is -2.23. The van der Waals surface area contributed by atoms with E-state index < -0.39 is 5.60 Å². The second-order valence-corrected chi connectivity index (χ2v) is 5.37. The Hall–Kier alpha value is -0.650. The molecule has 0 fully saturated rings. The number of nitrogens with one attached hydrogen (secondary N) is 3. The van der Waals surface area contributed by atoms with Gasteiger partial charge in [-0.15, -0.1) is 0 Å². The first-order valence-electron chi connectivity index (χ1n) is 6.66. The molecule has 0 aromatic heterocycles. The molecule has 5 heteroatoms. The lowest BCUT2D eigenvalue weighted by molar-refractivity contribution is -0.157. The molecule has 0 aromatic rings. The highest BCUT2D eigenvalue weighted by Gasteiger charge is 2.23. The van der Waals surface area contributed by atoms with Crippen molar-refractivity contribution in [2.75, 3.05) is 33.7 Å². The van der Waals surface area contributed by atoms with E-state index in [0.29, 0.717) is 0 Å². The van der Waals surface area contributed by atoms with E-state index in [1.54, 1.807) is 7.05 Å². The van der Waals surface area contributed by atoms with Gasteiger partial charge in [-0.05, 0) is 54.3 Å². The van der Waals surface area contributed by atoms with Crippen molar-refractivity contribution in [3.05, 3.63) is 0 Å². The van der Waals surface area contributed by atoms with Crippen LogP contribution in [0.15, 0.2) is 0 Å². The number of likely N-dealkylation sites (N-methyl/N-ethyl adjacent to an activating group) is 2. The van der Waals surface area contributed by atoms with Crippen molar-refractivity contribution in [3.8, 4) is 0 Å². The molecule has 3 N–H and O–H groups in total. The van der Waals surface area contributed by atoms with Crippen molar-refractivity contribution in [1.82, 2.24) is 16.0 Å². The van der Waals surface area contributed by atoms with Gasteiger partial charge >= 0.3 is 5.97 Å². The third-order valence-electron chi connectivity index (χ3n) is 2.44. The van der Waals surface area contributed by atoms with E-state index in [4.69, 9.17) is 4.74 Å². The normalized spacial score (nSPS) is 13.4. The molecule has 0 heterocycles. The Balaban J connectivity index is 3.79. The summed E-state index contributed by atoms with van der Waals surface area (Å²) in [5.74, 6) is -0.166. The minimum absolute atomic E-state index is 0.166. The van der Waals surface area contributed by atoms with Gasteiger partial charge in [0, 0.05) is 13.1 Å². The zero-order chi connectivity index (χ0) is 14.0. The molecule has 0 radical (unpaired) electrons. The number of hydrogen-bond donors (Lipinski definition) is 3. The summed E-state index contributed by atoms with van der Waals surface area (Å²) < 4.78 is 5.35. The maximum atomic E-state index is 11.8. The summed E-state index contributed by atoms with van der Waals surface area (Å²) in [6.07, 6.45) is 1.74. The highest BCUT2D eigenvalue weighted by Crippen LogP contribution is 2.10. The molecule has 0 aromatic carbocycles. The molecule has 0 aliphatic carbocycles. The van der Waals surface area contributed by atoms with Crippen LogP contribution in [0.2, 0.25) is 0 Å². The lowest BCUT2D eigenvalue weighted by Crippen LogP contribution is -2.40. The fourth-order valence-electron chi connectivity index (χ4n) is 1.52. The van der Waals surface area contributed by atoms with Gasteiger partial charge in [0.25, 0.3) is 0 Å². The van der Waals surface area contributed by atoms with Crippen LogP contribution in [-0.2, 0) is 9.53 Å². The molecule has 0 unspecified atom stereocenters. The molecule has 108 valence electrons. The van der Waals surface area contributed by atoms with Crippen LogP contribution in [0.4, 0.5) is 0 Å². The molecule has 0 amide bonds. The van der Waals surface area contributed by atoms with Crippen LogP contribution in [0.3, 0.4) is 0 Å². The number of esters is 1. The summed E-state index contributed by atoms with van der Waals surface area (Å²) in [6, 6.07) is -0.213. The fourth-order valence-corrected chi connectivity index (χ4v) is 1.52. The second-order valence-electron chi connectivity index (χ2n) is 5.37. The van der Waals surface area contributed by atoms with Gasteiger partial charge < -0.3 is 20.7 Å². The number of hydrogen-bond acceptors (Lipinski definition) is 5. The van der Waals surface area contributed by atoms with Crippen molar-refractivity contribution < 1.29 is 9.53 Å². The predicted octanol–water partition coefficient (Wildman–Crippen LogP) is 0.505. The number of ether oxygens (including phenoxy) is 1. The number of carbonyl (C=O) groups excluding carboxylic acids is 1. The summed E-state index contributed by atoms with van der Waals surface area (Å²) in [4.78, 5) is 11.8. The summed E-state index contributed by atoms with van der Waals surface area (Å²) in [6.45, 7) is 8.49. The Kier molecular flexibility index (Phi) is 8.97. The molecule has 0 rings (SSSR count).